The van der Waals surface area contributed by atoms with Gasteiger partial charge in [-0.25, -0.2) is 5.43 Å². The molecule has 27 heavy (non-hydrogen) atoms. The summed E-state index contributed by atoms with van der Waals surface area (Å²) in [5.74, 6) is -2.57. The average Bonchev–Trinajstić information content (AvgIpc) is 2.59. The zero-order valence-corrected chi connectivity index (χ0v) is 14.6. The Morgan fingerprint density at radius 1 is 1.19 bits per heavy atom. The van der Waals surface area contributed by atoms with Gasteiger partial charge in [-0.15, -0.1) is 0 Å². The summed E-state index contributed by atoms with van der Waals surface area (Å²) >= 11 is 0. The fourth-order valence-corrected chi connectivity index (χ4v) is 1.79. The van der Waals surface area contributed by atoms with Gasteiger partial charge in [0.05, 0.1) is 18.6 Å². The molecule has 0 aliphatic heterocycles. The summed E-state index contributed by atoms with van der Waals surface area (Å²) in [4.78, 5) is 34.7. The maximum Gasteiger partial charge on any atom is 0.416 e. The van der Waals surface area contributed by atoms with E-state index in [4.69, 9.17) is 4.74 Å². The maximum atomic E-state index is 12.6. The van der Waals surface area contributed by atoms with E-state index in [0.717, 1.165) is 12.1 Å². The van der Waals surface area contributed by atoms with E-state index in [-0.39, 0.29) is 31.0 Å². The molecule has 1 aromatic carbocycles. The molecule has 148 valence electrons. The highest BCUT2D eigenvalue weighted by Crippen LogP contribution is 2.30. The summed E-state index contributed by atoms with van der Waals surface area (Å²) in [6, 6.07) is 4.17. The van der Waals surface area contributed by atoms with Crippen LogP contribution in [0.25, 0.3) is 0 Å². The standard InChI is InChI=1S/C16H19F3N4O4/c1-10(22-23-15(26)14(25)20-6-7-27-2)8-13(24)21-12-5-3-4-11(9-12)16(17,18)19/h3-5,9H,6-8H2,1-2H3,(H,20,25)(H,21,24)(H,23,26). The van der Waals surface area contributed by atoms with Crippen molar-refractivity contribution in [2.75, 3.05) is 25.6 Å². The summed E-state index contributed by atoms with van der Waals surface area (Å²) in [5.41, 5.74) is 1.21. The van der Waals surface area contributed by atoms with Crippen LogP contribution in [0.3, 0.4) is 0 Å². The van der Waals surface area contributed by atoms with Crippen LogP contribution in [0.1, 0.15) is 18.9 Å². The van der Waals surface area contributed by atoms with Crippen LogP contribution in [-0.2, 0) is 25.3 Å². The molecule has 0 aliphatic rings. The molecule has 0 unspecified atom stereocenters. The van der Waals surface area contributed by atoms with Crippen LogP contribution in [0.15, 0.2) is 29.4 Å². The molecule has 0 saturated heterocycles. The number of halogens is 3. The minimum absolute atomic E-state index is 0.0239. The van der Waals surface area contributed by atoms with Crippen molar-refractivity contribution >= 4 is 29.1 Å². The lowest BCUT2D eigenvalue weighted by atomic mass is 10.2. The van der Waals surface area contributed by atoms with Gasteiger partial charge in [0.25, 0.3) is 0 Å². The normalized spacial score (nSPS) is 11.7. The molecule has 0 saturated carbocycles. The van der Waals surface area contributed by atoms with Gasteiger partial charge in [0, 0.05) is 25.1 Å². The first kappa shape index (κ1) is 22.1. The number of benzene rings is 1. The average molecular weight is 388 g/mol. The molecule has 0 atom stereocenters. The first-order valence-corrected chi connectivity index (χ1v) is 7.71. The second-order valence-corrected chi connectivity index (χ2v) is 5.34. The number of hydrazone groups is 1. The molecule has 0 heterocycles. The quantitative estimate of drug-likeness (QED) is 0.283. The van der Waals surface area contributed by atoms with E-state index in [1.807, 2.05) is 5.43 Å². The molecule has 0 aromatic heterocycles. The number of hydrogen-bond acceptors (Lipinski definition) is 5. The van der Waals surface area contributed by atoms with Crippen molar-refractivity contribution in [3.63, 3.8) is 0 Å². The van der Waals surface area contributed by atoms with E-state index in [9.17, 15) is 27.6 Å². The van der Waals surface area contributed by atoms with E-state index < -0.39 is 29.5 Å². The Labute approximate surface area is 153 Å². The number of methoxy groups -OCH3 is 1. The molecule has 0 spiro atoms. The number of carbonyl (C=O) groups is 3. The molecule has 0 radical (unpaired) electrons. The Bertz CT molecular complexity index is 720. The van der Waals surface area contributed by atoms with Crippen LogP contribution < -0.4 is 16.1 Å². The first-order chi connectivity index (χ1) is 12.6. The highest BCUT2D eigenvalue weighted by molar-refractivity contribution is 6.35. The zero-order chi connectivity index (χ0) is 20.4. The third-order valence-corrected chi connectivity index (χ3v) is 3.04. The van der Waals surface area contributed by atoms with Crippen molar-refractivity contribution in [1.82, 2.24) is 10.7 Å². The van der Waals surface area contributed by atoms with Gasteiger partial charge in [-0.1, -0.05) is 6.07 Å². The number of amides is 3. The second kappa shape index (κ2) is 10.3. The predicted molar refractivity (Wildman–Crippen MR) is 90.8 cm³/mol. The number of nitrogens with one attached hydrogen (secondary N) is 3. The largest absolute Gasteiger partial charge is 0.416 e. The van der Waals surface area contributed by atoms with Crippen molar-refractivity contribution in [3.8, 4) is 0 Å². The third-order valence-electron chi connectivity index (χ3n) is 3.04. The van der Waals surface area contributed by atoms with Crippen molar-refractivity contribution in [3.05, 3.63) is 29.8 Å². The van der Waals surface area contributed by atoms with Gasteiger partial charge in [-0.3, -0.25) is 14.4 Å². The highest BCUT2D eigenvalue weighted by Gasteiger charge is 2.30. The lowest BCUT2D eigenvalue weighted by Gasteiger charge is -2.10. The molecule has 0 bridgehead atoms. The van der Waals surface area contributed by atoms with Gasteiger partial charge in [0.1, 0.15) is 0 Å². The minimum Gasteiger partial charge on any atom is -0.383 e. The van der Waals surface area contributed by atoms with Crippen molar-refractivity contribution in [2.24, 2.45) is 5.10 Å². The number of hydrogen-bond donors (Lipinski definition) is 3. The Morgan fingerprint density at radius 3 is 2.52 bits per heavy atom. The zero-order valence-electron chi connectivity index (χ0n) is 14.6. The first-order valence-electron chi connectivity index (χ1n) is 7.71. The molecule has 1 aromatic rings. The van der Waals surface area contributed by atoms with Crippen LogP contribution in [0, 0.1) is 0 Å². The third kappa shape index (κ3) is 8.31. The predicted octanol–water partition coefficient (Wildman–Crippen LogP) is 1.29. The Morgan fingerprint density at radius 2 is 1.89 bits per heavy atom. The fourth-order valence-electron chi connectivity index (χ4n) is 1.79. The molecule has 11 heteroatoms. The monoisotopic (exact) mass is 388 g/mol. The Hall–Kier alpha value is -2.95. The number of ether oxygens (including phenoxy) is 1. The number of nitrogens with zero attached hydrogens (tertiary/aromatic N) is 1. The van der Waals surface area contributed by atoms with E-state index in [2.05, 4.69) is 15.7 Å². The fraction of sp³-hybridized carbons (Fsp3) is 0.375. The van der Waals surface area contributed by atoms with E-state index in [1.54, 1.807) is 0 Å². The van der Waals surface area contributed by atoms with Gasteiger partial charge < -0.3 is 15.4 Å². The topological polar surface area (TPSA) is 109 Å². The Kier molecular flexibility index (Phi) is 8.39. The smallest absolute Gasteiger partial charge is 0.383 e. The number of carbonyl (C=O) groups excluding carboxylic acids is 3. The number of rotatable bonds is 7. The molecule has 8 nitrogen and oxygen atoms in total. The van der Waals surface area contributed by atoms with Crippen LogP contribution in [0.5, 0.6) is 0 Å². The molecule has 0 fully saturated rings. The van der Waals surface area contributed by atoms with Gasteiger partial charge in [0.15, 0.2) is 0 Å². The Balaban J connectivity index is 2.53. The number of anilines is 1. The lowest BCUT2D eigenvalue weighted by Crippen LogP contribution is -2.39. The lowest BCUT2D eigenvalue weighted by molar-refractivity contribution is -0.139. The van der Waals surface area contributed by atoms with Crippen LogP contribution in [0.4, 0.5) is 18.9 Å². The van der Waals surface area contributed by atoms with Crippen LogP contribution in [0.2, 0.25) is 0 Å². The van der Waals surface area contributed by atoms with Crippen molar-refractivity contribution < 1.29 is 32.3 Å². The van der Waals surface area contributed by atoms with E-state index in [1.165, 1.54) is 26.2 Å². The second-order valence-electron chi connectivity index (χ2n) is 5.34. The molecular formula is C16H19F3N4O4. The molecule has 3 amide bonds. The summed E-state index contributed by atoms with van der Waals surface area (Å²) in [5, 5.41) is 8.18. The SMILES string of the molecule is COCCNC(=O)C(=O)NN=C(C)CC(=O)Nc1cccc(C(F)(F)F)c1. The molecule has 0 aliphatic carbocycles. The van der Waals surface area contributed by atoms with Gasteiger partial charge >= 0.3 is 18.0 Å². The van der Waals surface area contributed by atoms with Crippen LogP contribution in [-0.4, -0.2) is 43.7 Å². The summed E-state index contributed by atoms with van der Waals surface area (Å²) in [7, 11) is 1.43. The van der Waals surface area contributed by atoms with Gasteiger partial charge in [0.2, 0.25) is 5.91 Å². The van der Waals surface area contributed by atoms with Crippen LogP contribution >= 0.6 is 0 Å². The summed E-state index contributed by atoms with van der Waals surface area (Å²) in [6.07, 6.45) is -4.81. The van der Waals surface area contributed by atoms with Crippen molar-refractivity contribution in [2.45, 2.75) is 19.5 Å². The van der Waals surface area contributed by atoms with E-state index >= 15 is 0 Å². The maximum absolute atomic E-state index is 12.6. The van der Waals surface area contributed by atoms with Crippen molar-refractivity contribution in [1.29, 1.82) is 0 Å². The van der Waals surface area contributed by atoms with Gasteiger partial charge in [-0.05, 0) is 25.1 Å². The van der Waals surface area contributed by atoms with Gasteiger partial charge in [-0.2, -0.15) is 18.3 Å². The minimum atomic E-state index is -4.52. The summed E-state index contributed by atoms with van der Waals surface area (Å²) in [6.45, 7) is 1.79. The molecular weight excluding hydrogens is 369 g/mol. The molecule has 3 N–H and O–H groups in total. The number of alkyl halides is 3. The molecule has 1 rings (SSSR count). The van der Waals surface area contributed by atoms with E-state index in [0.29, 0.717) is 0 Å². The highest BCUT2D eigenvalue weighted by atomic mass is 19.4. The summed E-state index contributed by atoms with van der Waals surface area (Å²) < 4.78 is 42.6.